The quantitative estimate of drug-likeness (QED) is 0.758. The number of nitrogens with zero attached hydrogens (tertiary/aromatic N) is 1. The summed E-state index contributed by atoms with van der Waals surface area (Å²) in [5, 5.41) is 0. The molecule has 122 valence electrons. The molecular weight excluding hydrogens is 280 g/mol. The minimum Gasteiger partial charge on any atom is -0.397 e. The lowest BCUT2D eigenvalue weighted by molar-refractivity contribution is 0.304. The molecule has 0 saturated heterocycles. The van der Waals surface area contributed by atoms with Crippen molar-refractivity contribution in [3.05, 3.63) is 48.2 Å². The third-order valence-corrected chi connectivity index (χ3v) is 5.28. The molecule has 1 aromatic heterocycles. The van der Waals surface area contributed by atoms with E-state index in [4.69, 9.17) is 5.73 Å². The van der Waals surface area contributed by atoms with E-state index >= 15 is 0 Å². The number of aromatic nitrogens is 1. The Morgan fingerprint density at radius 2 is 1.74 bits per heavy atom. The zero-order valence-electron chi connectivity index (χ0n) is 14.2. The molecule has 1 aliphatic carbocycles. The highest BCUT2D eigenvalue weighted by Gasteiger charge is 2.21. The molecule has 0 spiro atoms. The summed E-state index contributed by atoms with van der Waals surface area (Å²) in [7, 11) is 0. The maximum Gasteiger partial charge on any atom is 0.0703 e. The fourth-order valence-electron chi connectivity index (χ4n) is 3.78. The molecule has 0 atom stereocenters. The first-order valence-corrected chi connectivity index (χ1v) is 9.08. The van der Waals surface area contributed by atoms with Gasteiger partial charge >= 0.3 is 0 Å². The zero-order valence-corrected chi connectivity index (χ0v) is 14.2. The third-order valence-electron chi connectivity index (χ3n) is 5.28. The molecule has 3 rings (SSSR count). The van der Waals surface area contributed by atoms with Crippen molar-refractivity contribution in [3.8, 4) is 11.3 Å². The van der Waals surface area contributed by atoms with Crippen LogP contribution in [0.4, 0.5) is 5.69 Å². The fraction of sp³-hybridized carbons (Fsp3) is 0.476. The van der Waals surface area contributed by atoms with Crippen molar-refractivity contribution in [2.24, 2.45) is 5.92 Å². The van der Waals surface area contributed by atoms with Gasteiger partial charge in [-0.05, 0) is 55.2 Å². The van der Waals surface area contributed by atoms with Crippen LogP contribution < -0.4 is 5.73 Å². The average Bonchev–Trinajstić information content (AvgIpc) is 2.61. The smallest absolute Gasteiger partial charge is 0.0703 e. The Morgan fingerprint density at radius 3 is 2.35 bits per heavy atom. The minimum absolute atomic E-state index is 0.713. The van der Waals surface area contributed by atoms with Gasteiger partial charge in [0.2, 0.25) is 0 Å². The van der Waals surface area contributed by atoms with Crippen molar-refractivity contribution in [2.75, 3.05) is 5.73 Å². The zero-order chi connectivity index (χ0) is 16.1. The number of pyridine rings is 1. The van der Waals surface area contributed by atoms with Crippen LogP contribution in [0, 0.1) is 5.92 Å². The van der Waals surface area contributed by atoms with Crippen molar-refractivity contribution in [1.29, 1.82) is 0 Å². The molecule has 0 bridgehead atoms. The Morgan fingerprint density at radius 1 is 1.00 bits per heavy atom. The molecule has 0 unspecified atom stereocenters. The third kappa shape index (κ3) is 4.13. The van der Waals surface area contributed by atoms with Gasteiger partial charge in [-0.25, -0.2) is 0 Å². The second kappa shape index (κ2) is 7.63. The fourth-order valence-corrected chi connectivity index (χ4v) is 3.78. The van der Waals surface area contributed by atoms with Gasteiger partial charge in [0.1, 0.15) is 0 Å². The van der Waals surface area contributed by atoms with Crippen LogP contribution in [0.15, 0.2) is 42.6 Å². The standard InChI is InChI=1S/C21H28N2/c1-2-3-4-16-5-7-17(8-6-16)18-9-11-19(12-10-18)21-14-13-20(22)15-23-21/h9-17H,2-8,22H2,1H3. The molecule has 2 aromatic rings. The summed E-state index contributed by atoms with van der Waals surface area (Å²) in [4.78, 5) is 4.40. The number of hydrogen-bond acceptors (Lipinski definition) is 2. The first-order valence-electron chi connectivity index (χ1n) is 9.08. The van der Waals surface area contributed by atoms with Crippen molar-refractivity contribution < 1.29 is 0 Å². The number of unbranched alkanes of at least 4 members (excludes halogenated alkanes) is 1. The van der Waals surface area contributed by atoms with Gasteiger partial charge in [0.25, 0.3) is 0 Å². The van der Waals surface area contributed by atoms with E-state index in [9.17, 15) is 0 Å². The molecular formula is C21H28N2. The van der Waals surface area contributed by atoms with Gasteiger partial charge in [0.05, 0.1) is 17.6 Å². The topological polar surface area (TPSA) is 38.9 Å². The number of nitrogen functional groups attached to an aromatic ring is 1. The molecule has 0 amide bonds. The van der Waals surface area contributed by atoms with E-state index in [1.807, 2.05) is 12.1 Å². The minimum atomic E-state index is 0.713. The van der Waals surface area contributed by atoms with Crippen LogP contribution in [0.2, 0.25) is 0 Å². The average molecular weight is 308 g/mol. The highest BCUT2D eigenvalue weighted by molar-refractivity contribution is 5.61. The number of benzene rings is 1. The lowest BCUT2D eigenvalue weighted by Crippen LogP contribution is -2.13. The van der Waals surface area contributed by atoms with Crippen molar-refractivity contribution in [2.45, 2.75) is 57.8 Å². The SMILES string of the molecule is CCCCC1CCC(c2ccc(-c3ccc(N)cn3)cc2)CC1. The maximum atomic E-state index is 5.71. The molecule has 0 aliphatic heterocycles. The Kier molecular flexibility index (Phi) is 5.32. The monoisotopic (exact) mass is 308 g/mol. The predicted octanol–water partition coefficient (Wildman–Crippen LogP) is 5.79. The van der Waals surface area contributed by atoms with Gasteiger partial charge in [-0.1, -0.05) is 50.5 Å². The van der Waals surface area contributed by atoms with Gasteiger partial charge in [0.15, 0.2) is 0 Å². The normalized spacial score (nSPS) is 21.3. The molecule has 1 fully saturated rings. The molecule has 1 heterocycles. The van der Waals surface area contributed by atoms with Crippen LogP contribution in [0.5, 0.6) is 0 Å². The van der Waals surface area contributed by atoms with Gasteiger partial charge in [-0.3, -0.25) is 4.98 Å². The van der Waals surface area contributed by atoms with Gasteiger partial charge < -0.3 is 5.73 Å². The lowest BCUT2D eigenvalue weighted by atomic mass is 9.77. The highest BCUT2D eigenvalue weighted by Crippen LogP contribution is 2.38. The summed E-state index contributed by atoms with van der Waals surface area (Å²) in [5.41, 5.74) is 10.1. The summed E-state index contributed by atoms with van der Waals surface area (Å²) in [6.07, 6.45) is 11.4. The van der Waals surface area contributed by atoms with Crippen LogP contribution in [-0.2, 0) is 0 Å². The number of anilines is 1. The molecule has 2 heteroatoms. The van der Waals surface area contributed by atoms with Crippen LogP contribution in [0.1, 0.15) is 63.4 Å². The van der Waals surface area contributed by atoms with Crippen LogP contribution in [0.25, 0.3) is 11.3 Å². The van der Waals surface area contributed by atoms with Gasteiger partial charge in [0, 0.05) is 5.56 Å². The van der Waals surface area contributed by atoms with E-state index in [0.717, 1.165) is 17.5 Å². The predicted molar refractivity (Wildman–Crippen MR) is 98.3 cm³/mol. The van der Waals surface area contributed by atoms with E-state index in [1.54, 1.807) is 6.20 Å². The number of rotatable bonds is 5. The molecule has 1 aliphatic rings. The first-order chi connectivity index (χ1) is 11.3. The van der Waals surface area contributed by atoms with E-state index in [0.29, 0.717) is 5.69 Å². The van der Waals surface area contributed by atoms with E-state index in [2.05, 4.69) is 36.2 Å². The number of hydrogen-bond donors (Lipinski definition) is 1. The summed E-state index contributed by atoms with van der Waals surface area (Å²) in [6, 6.07) is 12.9. The Bertz CT molecular complexity index is 593. The lowest BCUT2D eigenvalue weighted by Gasteiger charge is -2.29. The second-order valence-electron chi connectivity index (χ2n) is 6.96. The second-order valence-corrected chi connectivity index (χ2v) is 6.96. The largest absolute Gasteiger partial charge is 0.397 e. The molecule has 2 N–H and O–H groups in total. The van der Waals surface area contributed by atoms with Crippen molar-refractivity contribution in [3.63, 3.8) is 0 Å². The summed E-state index contributed by atoms with van der Waals surface area (Å²) >= 11 is 0. The summed E-state index contributed by atoms with van der Waals surface area (Å²) < 4.78 is 0. The van der Waals surface area contributed by atoms with Gasteiger partial charge in [-0.15, -0.1) is 0 Å². The highest BCUT2D eigenvalue weighted by atomic mass is 14.7. The molecule has 0 radical (unpaired) electrons. The van der Waals surface area contributed by atoms with Crippen LogP contribution >= 0.6 is 0 Å². The Labute approximate surface area is 140 Å². The van der Waals surface area contributed by atoms with Crippen LogP contribution in [-0.4, -0.2) is 4.98 Å². The Hall–Kier alpha value is -1.83. The van der Waals surface area contributed by atoms with Crippen LogP contribution in [0.3, 0.4) is 0 Å². The van der Waals surface area contributed by atoms with Crippen molar-refractivity contribution >= 4 is 5.69 Å². The first kappa shape index (κ1) is 16.0. The molecule has 2 nitrogen and oxygen atoms in total. The van der Waals surface area contributed by atoms with E-state index in [1.165, 1.54) is 56.1 Å². The molecule has 1 saturated carbocycles. The van der Waals surface area contributed by atoms with E-state index < -0.39 is 0 Å². The molecule has 23 heavy (non-hydrogen) atoms. The molecule has 1 aromatic carbocycles. The van der Waals surface area contributed by atoms with E-state index in [-0.39, 0.29) is 0 Å². The number of nitrogens with two attached hydrogens (primary N) is 1. The summed E-state index contributed by atoms with van der Waals surface area (Å²) in [6.45, 7) is 2.29. The summed E-state index contributed by atoms with van der Waals surface area (Å²) in [5.74, 6) is 1.73. The maximum absolute atomic E-state index is 5.71. The van der Waals surface area contributed by atoms with Crippen molar-refractivity contribution in [1.82, 2.24) is 4.98 Å². The van der Waals surface area contributed by atoms with Gasteiger partial charge in [-0.2, -0.15) is 0 Å². The Balaban J connectivity index is 1.61.